The Morgan fingerprint density at radius 3 is 2.46 bits per heavy atom. The molecular weight excluding hydrogens is 350 g/mol. The molecule has 1 aromatic carbocycles. The Bertz CT molecular complexity index is 756. The zero-order valence-corrected chi connectivity index (χ0v) is 16.4. The summed E-state index contributed by atoms with van der Waals surface area (Å²) in [4.78, 5) is 28.4. The summed E-state index contributed by atoms with van der Waals surface area (Å²) in [6.45, 7) is 8.45. The van der Waals surface area contributed by atoms with Gasteiger partial charge in [0.25, 0.3) is 0 Å². The van der Waals surface area contributed by atoms with Crippen molar-refractivity contribution in [1.29, 1.82) is 0 Å². The summed E-state index contributed by atoms with van der Waals surface area (Å²) < 4.78 is 5.08. The lowest BCUT2D eigenvalue weighted by Crippen LogP contribution is -2.17. The lowest BCUT2D eigenvalue weighted by molar-refractivity contribution is -0.115. The summed E-state index contributed by atoms with van der Waals surface area (Å²) in [7, 11) is 0. The third-order valence-corrected chi connectivity index (χ3v) is 4.54. The van der Waals surface area contributed by atoms with E-state index in [1.165, 1.54) is 0 Å². The molecule has 0 aliphatic heterocycles. The minimum Gasteiger partial charge on any atom is -0.449 e. The van der Waals surface area contributed by atoms with Crippen molar-refractivity contribution in [1.82, 2.24) is 4.98 Å². The minimum atomic E-state index is -0.508. The highest BCUT2D eigenvalue weighted by Gasteiger charge is 2.11. The van der Waals surface area contributed by atoms with Crippen LogP contribution in [0.2, 0.25) is 0 Å². The first-order chi connectivity index (χ1) is 12.3. The number of nitrogens with zero attached hydrogens (tertiary/aromatic N) is 1. The largest absolute Gasteiger partial charge is 0.449 e. The van der Waals surface area contributed by atoms with Crippen LogP contribution in [0.4, 0.5) is 16.2 Å². The number of aromatic nitrogens is 1. The number of thiazole rings is 1. The molecule has 0 radical (unpaired) electrons. The number of amides is 2. The molecule has 2 N–H and O–H groups in total. The monoisotopic (exact) mass is 375 g/mol. The second-order valence-electron chi connectivity index (χ2n) is 6.75. The van der Waals surface area contributed by atoms with E-state index in [0.29, 0.717) is 23.9 Å². The van der Waals surface area contributed by atoms with Gasteiger partial charge in [-0.2, -0.15) is 0 Å². The molecule has 2 rings (SSSR count). The number of benzene rings is 1. The van der Waals surface area contributed by atoms with Crippen LogP contribution in [0, 0.1) is 5.92 Å². The van der Waals surface area contributed by atoms with Crippen LogP contribution in [0.1, 0.15) is 44.3 Å². The van der Waals surface area contributed by atoms with Gasteiger partial charge in [-0.3, -0.25) is 10.1 Å². The maximum atomic E-state index is 12.2. The number of carbonyl (C=O) groups is 2. The molecule has 0 aliphatic rings. The fourth-order valence-electron chi connectivity index (χ4n) is 2.11. The molecule has 6 nitrogen and oxygen atoms in total. The van der Waals surface area contributed by atoms with Gasteiger partial charge in [-0.15, -0.1) is 11.3 Å². The van der Waals surface area contributed by atoms with Crippen LogP contribution in [0.25, 0.3) is 0 Å². The van der Waals surface area contributed by atoms with Crippen molar-refractivity contribution >= 4 is 34.7 Å². The lowest BCUT2D eigenvalue weighted by Gasteiger charge is -2.10. The molecule has 2 aromatic rings. The summed E-state index contributed by atoms with van der Waals surface area (Å²) in [5.41, 5.74) is 1.94. The number of carbonyl (C=O) groups excluding carboxylic acids is 2. The first kappa shape index (κ1) is 19.9. The van der Waals surface area contributed by atoms with Crippen molar-refractivity contribution in [3.8, 4) is 0 Å². The SMILES string of the molecule is CC(C)COC(=O)Nc1cccc(NC(=O)Cc2csc(C(C)C)n2)c1. The van der Waals surface area contributed by atoms with Crippen LogP contribution in [-0.4, -0.2) is 23.6 Å². The Labute approximate surface area is 158 Å². The summed E-state index contributed by atoms with van der Waals surface area (Å²) in [6.07, 6.45) is -0.289. The normalized spacial score (nSPS) is 10.8. The highest BCUT2D eigenvalue weighted by atomic mass is 32.1. The maximum Gasteiger partial charge on any atom is 0.411 e. The number of rotatable bonds is 7. The number of anilines is 2. The van der Waals surface area contributed by atoms with Crippen LogP contribution >= 0.6 is 11.3 Å². The van der Waals surface area contributed by atoms with Crippen LogP contribution in [0.5, 0.6) is 0 Å². The first-order valence-electron chi connectivity index (χ1n) is 8.61. The van der Waals surface area contributed by atoms with E-state index in [4.69, 9.17) is 4.74 Å². The molecule has 140 valence electrons. The van der Waals surface area contributed by atoms with Gasteiger partial charge < -0.3 is 10.1 Å². The van der Waals surface area contributed by atoms with Gasteiger partial charge in [-0.05, 0) is 24.1 Å². The molecule has 2 amide bonds. The Morgan fingerprint density at radius 2 is 1.85 bits per heavy atom. The minimum absolute atomic E-state index is 0.148. The van der Waals surface area contributed by atoms with Crippen LogP contribution < -0.4 is 10.6 Å². The predicted molar refractivity (Wildman–Crippen MR) is 105 cm³/mol. The van der Waals surface area contributed by atoms with Gasteiger partial charge in [0.15, 0.2) is 0 Å². The fraction of sp³-hybridized carbons (Fsp3) is 0.421. The van der Waals surface area contributed by atoms with Gasteiger partial charge in [0.2, 0.25) is 5.91 Å². The molecule has 0 atom stereocenters. The van der Waals surface area contributed by atoms with E-state index >= 15 is 0 Å². The molecular formula is C19H25N3O3S. The average molecular weight is 375 g/mol. The van der Waals surface area contributed by atoms with Gasteiger partial charge in [0, 0.05) is 22.7 Å². The maximum absolute atomic E-state index is 12.2. The zero-order chi connectivity index (χ0) is 19.1. The number of hydrogen-bond acceptors (Lipinski definition) is 5. The average Bonchev–Trinajstić information content (AvgIpc) is 3.02. The first-order valence-corrected chi connectivity index (χ1v) is 9.49. The van der Waals surface area contributed by atoms with E-state index in [9.17, 15) is 9.59 Å². The van der Waals surface area contributed by atoms with Gasteiger partial charge in [-0.25, -0.2) is 9.78 Å². The van der Waals surface area contributed by atoms with Crippen molar-refractivity contribution in [2.24, 2.45) is 5.92 Å². The van der Waals surface area contributed by atoms with Gasteiger partial charge in [-0.1, -0.05) is 33.8 Å². The summed E-state index contributed by atoms with van der Waals surface area (Å²) in [6, 6.07) is 6.95. The van der Waals surface area contributed by atoms with Crippen LogP contribution in [0.3, 0.4) is 0 Å². The molecule has 7 heteroatoms. The molecule has 0 saturated heterocycles. The number of ether oxygens (including phenoxy) is 1. The summed E-state index contributed by atoms with van der Waals surface area (Å²) >= 11 is 1.57. The van der Waals surface area contributed by atoms with E-state index < -0.39 is 6.09 Å². The van der Waals surface area contributed by atoms with Crippen molar-refractivity contribution < 1.29 is 14.3 Å². The highest BCUT2D eigenvalue weighted by Crippen LogP contribution is 2.20. The van der Waals surface area contributed by atoms with Crippen molar-refractivity contribution in [2.75, 3.05) is 17.2 Å². The Morgan fingerprint density at radius 1 is 1.15 bits per heavy atom. The molecule has 0 fully saturated rings. The van der Waals surface area contributed by atoms with E-state index in [1.807, 2.05) is 19.2 Å². The highest BCUT2D eigenvalue weighted by molar-refractivity contribution is 7.09. The lowest BCUT2D eigenvalue weighted by atomic mass is 10.2. The van der Waals surface area contributed by atoms with Crippen molar-refractivity contribution in [2.45, 2.75) is 40.0 Å². The van der Waals surface area contributed by atoms with Gasteiger partial charge in [0.1, 0.15) is 0 Å². The molecule has 26 heavy (non-hydrogen) atoms. The van der Waals surface area contributed by atoms with Crippen LogP contribution in [0.15, 0.2) is 29.6 Å². The van der Waals surface area contributed by atoms with Crippen LogP contribution in [-0.2, 0) is 16.0 Å². The number of nitrogens with one attached hydrogen (secondary N) is 2. The summed E-state index contributed by atoms with van der Waals surface area (Å²) in [5.74, 6) is 0.480. The third kappa shape index (κ3) is 6.48. The quantitative estimate of drug-likeness (QED) is 0.738. The molecule has 0 saturated carbocycles. The van der Waals surface area contributed by atoms with E-state index in [2.05, 4.69) is 29.5 Å². The van der Waals surface area contributed by atoms with Crippen molar-refractivity contribution in [3.63, 3.8) is 0 Å². The second-order valence-corrected chi connectivity index (χ2v) is 7.64. The van der Waals surface area contributed by atoms with E-state index in [0.717, 1.165) is 10.7 Å². The predicted octanol–water partition coefficient (Wildman–Crippen LogP) is 4.65. The molecule has 0 aliphatic carbocycles. The smallest absolute Gasteiger partial charge is 0.411 e. The topological polar surface area (TPSA) is 80.3 Å². The molecule has 0 spiro atoms. The third-order valence-electron chi connectivity index (χ3n) is 3.35. The summed E-state index contributed by atoms with van der Waals surface area (Å²) in [5, 5.41) is 8.42. The molecule has 1 aromatic heterocycles. The van der Waals surface area contributed by atoms with Gasteiger partial charge >= 0.3 is 6.09 Å². The van der Waals surface area contributed by atoms with Gasteiger partial charge in [0.05, 0.1) is 23.7 Å². The van der Waals surface area contributed by atoms with E-state index in [-0.39, 0.29) is 18.2 Å². The Hall–Kier alpha value is -2.41. The number of hydrogen-bond donors (Lipinski definition) is 2. The standard InChI is InChI=1S/C19H25N3O3S/c1-12(2)10-25-19(24)22-15-7-5-6-14(8-15)20-17(23)9-16-11-26-18(21-16)13(3)4/h5-8,11-13H,9-10H2,1-4H3,(H,20,23)(H,22,24). The Balaban J connectivity index is 1.90. The Kier molecular flexibility index (Phi) is 7.15. The molecule has 0 unspecified atom stereocenters. The zero-order valence-electron chi connectivity index (χ0n) is 15.5. The molecule has 1 heterocycles. The fourth-order valence-corrected chi connectivity index (χ4v) is 2.94. The second kappa shape index (κ2) is 9.33. The molecule has 0 bridgehead atoms. The van der Waals surface area contributed by atoms with Crippen molar-refractivity contribution in [3.05, 3.63) is 40.3 Å². The van der Waals surface area contributed by atoms with E-state index in [1.54, 1.807) is 35.6 Å².